The average molecular weight is 365 g/mol. The average Bonchev–Trinajstić information content (AvgIpc) is 3.39. The van der Waals surface area contributed by atoms with Crippen LogP contribution in [0.25, 0.3) is 11.3 Å². The molecule has 3 aromatic rings. The van der Waals surface area contributed by atoms with E-state index in [1.54, 1.807) is 24.4 Å². The number of rotatable bonds is 5. The quantitative estimate of drug-likeness (QED) is 0.670. The van der Waals surface area contributed by atoms with Crippen LogP contribution in [0.4, 0.5) is 4.39 Å². The minimum Gasteiger partial charge on any atom is -0.355 e. The summed E-state index contributed by atoms with van der Waals surface area (Å²) in [5, 5.41) is 3.97. The van der Waals surface area contributed by atoms with Crippen molar-refractivity contribution in [3.05, 3.63) is 71.9 Å². The molecule has 1 fully saturated rings. The molecule has 2 aromatic heterocycles. The predicted molar refractivity (Wildman–Crippen MR) is 98.3 cm³/mol. The van der Waals surface area contributed by atoms with E-state index in [2.05, 4.69) is 10.1 Å². The van der Waals surface area contributed by atoms with Crippen molar-refractivity contribution < 1.29 is 13.7 Å². The van der Waals surface area contributed by atoms with E-state index in [-0.39, 0.29) is 23.5 Å². The molecule has 4 rings (SSSR count). The molecule has 2 heterocycles. The summed E-state index contributed by atoms with van der Waals surface area (Å²) in [5.74, 6) is -0.0374. The molecule has 6 heteroatoms. The number of pyridine rings is 1. The van der Waals surface area contributed by atoms with Crippen LogP contribution in [0.15, 0.2) is 59.3 Å². The molecule has 1 aliphatic rings. The van der Waals surface area contributed by atoms with E-state index in [9.17, 15) is 9.18 Å². The molecule has 0 atom stereocenters. The fourth-order valence-corrected chi connectivity index (χ4v) is 3.52. The van der Waals surface area contributed by atoms with Gasteiger partial charge in [-0.15, -0.1) is 0 Å². The summed E-state index contributed by atoms with van der Waals surface area (Å²) in [7, 11) is 0. The number of hydrogen-bond acceptors (Lipinski definition) is 4. The third kappa shape index (κ3) is 3.89. The summed E-state index contributed by atoms with van der Waals surface area (Å²) in [6, 6.07) is 13.4. The number of hydrogen-bond donors (Lipinski definition) is 0. The fourth-order valence-electron chi connectivity index (χ4n) is 3.52. The molecule has 27 heavy (non-hydrogen) atoms. The Morgan fingerprint density at radius 2 is 1.93 bits per heavy atom. The Bertz CT molecular complexity index is 903. The Morgan fingerprint density at radius 3 is 2.63 bits per heavy atom. The Kier molecular flexibility index (Phi) is 4.96. The number of carbonyl (C=O) groups is 1. The van der Waals surface area contributed by atoms with Crippen LogP contribution in [0.3, 0.4) is 0 Å². The van der Waals surface area contributed by atoms with E-state index in [1.165, 1.54) is 12.1 Å². The van der Waals surface area contributed by atoms with Crippen LogP contribution >= 0.6 is 0 Å². The predicted octanol–water partition coefficient (Wildman–Crippen LogP) is 4.46. The van der Waals surface area contributed by atoms with Crippen molar-refractivity contribution in [2.45, 2.75) is 38.3 Å². The van der Waals surface area contributed by atoms with Crippen molar-refractivity contribution in [1.29, 1.82) is 0 Å². The van der Waals surface area contributed by atoms with Gasteiger partial charge in [-0.1, -0.05) is 24.1 Å². The van der Waals surface area contributed by atoms with Gasteiger partial charge in [0.05, 0.1) is 12.2 Å². The van der Waals surface area contributed by atoms with Crippen LogP contribution in [-0.4, -0.2) is 27.0 Å². The first kappa shape index (κ1) is 17.4. The van der Waals surface area contributed by atoms with Gasteiger partial charge in [-0.2, -0.15) is 0 Å². The summed E-state index contributed by atoms with van der Waals surface area (Å²) < 4.78 is 18.4. The van der Waals surface area contributed by atoms with Gasteiger partial charge in [0.15, 0.2) is 11.5 Å². The van der Waals surface area contributed by atoms with Crippen molar-refractivity contribution >= 4 is 5.91 Å². The summed E-state index contributed by atoms with van der Waals surface area (Å²) in [5.41, 5.74) is 1.79. The Balaban J connectivity index is 1.58. The van der Waals surface area contributed by atoms with Gasteiger partial charge < -0.3 is 9.42 Å². The highest BCUT2D eigenvalue weighted by atomic mass is 19.1. The lowest BCUT2D eigenvalue weighted by molar-refractivity contribution is 0.0651. The van der Waals surface area contributed by atoms with Crippen LogP contribution in [0, 0.1) is 5.82 Å². The van der Waals surface area contributed by atoms with Gasteiger partial charge in [-0.05, 0) is 49.2 Å². The zero-order chi connectivity index (χ0) is 18.6. The van der Waals surface area contributed by atoms with Gasteiger partial charge >= 0.3 is 0 Å². The zero-order valence-corrected chi connectivity index (χ0v) is 14.8. The number of amides is 1. The lowest BCUT2D eigenvalue weighted by atomic mass is 10.1. The van der Waals surface area contributed by atoms with Crippen LogP contribution in [0.1, 0.15) is 41.9 Å². The first-order chi connectivity index (χ1) is 13.2. The molecule has 0 bridgehead atoms. The molecule has 0 radical (unpaired) electrons. The zero-order valence-electron chi connectivity index (χ0n) is 14.8. The third-order valence-corrected chi connectivity index (χ3v) is 4.94. The molecule has 0 unspecified atom stereocenters. The Hall–Kier alpha value is -3.02. The van der Waals surface area contributed by atoms with Crippen molar-refractivity contribution in [2.75, 3.05) is 0 Å². The van der Waals surface area contributed by atoms with Gasteiger partial charge in [0.25, 0.3) is 5.91 Å². The monoisotopic (exact) mass is 365 g/mol. The highest BCUT2D eigenvalue weighted by molar-refractivity contribution is 5.93. The Labute approximate surface area is 156 Å². The van der Waals surface area contributed by atoms with Crippen LogP contribution in [0.5, 0.6) is 0 Å². The minimum atomic E-state index is -0.322. The second-order valence-corrected chi connectivity index (χ2v) is 6.78. The highest BCUT2D eigenvalue weighted by Crippen LogP contribution is 2.27. The van der Waals surface area contributed by atoms with Gasteiger partial charge in [-0.25, -0.2) is 4.39 Å². The molecule has 0 aliphatic heterocycles. The first-order valence-corrected chi connectivity index (χ1v) is 9.14. The largest absolute Gasteiger partial charge is 0.355 e. The number of halogens is 1. The standard InChI is InChI=1S/C21H20FN3O2/c22-16-10-8-15(9-11-16)20-13-19(24-27-20)21(26)25(18-6-1-2-7-18)14-17-5-3-4-12-23-17/h3-5,8-13,18H,1-2,6-7,14H2. The molecule has 0 N–H and O–H groups in total. The molecule has 5 nitrogen and oxygen atoms in total. The first-order valence-electron chi connectivity index (χ1n) is 9.14. The van der Waals surface area contributed by atoms with Gasteiger partial charge in [0.2, 0.25) is 0 Å². The van der Waals surface area contributed by atoms with E-state index < -0.39 is 0 Å². The summed E-state index contributed by atoms with van der Waals surface area (Å²) in [6.45, 7) is 0.448. The third-order valence-electron chi connectivity index (χ3n) is 4.94. The minimum absolute atomic E-state index is 0.162. The van der Waals surface area contributed by atoms with Crippen LogP contribution in [0.2, 0.25) is 0 Å². The molecule has 1 aliphatic carbocycles. The van der Waals surface area contributed by atoms with Gasteiger partial charge in [0, 0.05) is 23.9 Å². The van der Waals surface area contributed by atoms with Crippen molar-refractivity contribution in [1.82, 2.24) is 15.0 Å². The highest BCUT2D eigenvalue weighted by Gasteiger charge is 2.29. The smallest absolute Gasteiger partial charge is 0.276 e. The summed E-state index contributed by atoms with van der Waals surface area (Å²) >= 11 is 0. The van der Waals surface area contributed by atoms with Crippen molar-refractivity contribution in [3.63, 3.8) is 0 Å². The van der Waals surface area contributed by atoms with E-state index >= 15 is 0 Å². The summed E-state index contributed by atoms with van der Waals surface area (Å²) in [6.07, 6.45) is 5.95. The second kappa shape index (κ2) is 7.70. The molecule has 138 valence electrons. The topological polar surface area (TPSA) is 59.2 Å². The molecule has 0 saturated heterocycles. The lowest BCUT2D eigenvalue weighted by Crippen LogP contribution is -2.38. The molecular weight excluding hydrogens is 345 g/mol. The number of benzene rings is 1. The molecule has 1 aromatic carbocycles. The normalized spacial score (nSPS) is 14.4. The number of aromatic nitrogens is 2. The summed E-state index contributed by atoms with van der Waals surface area (Å²) in [4.78, 5) is 19.4. The van der Waals surface area contributed by atoms with Crippen molar-refractivity contribution in [3.8, 4) is 11.3 Å². The molecule has 1 amide bonds. The fraction of sp³-hybridized carbons (Fsp3) is 0.286. The van der Waals surface area contributed by atoms with E-state index in [0.29, 0.717) is 17.9 Å². The second-order valence-electron chi connectivity index (χ2n) is 6.78. The van der Waals surface area contributed by atoms with E-state index in [0.717, 1.165) is 31.4 Å². The molecular formula is C21H20FN3O2. The van der Waals surface area contributed by atoms with E-state index in [4.69, 9.17) is 4.52 Å². The van der Waals surface area contributed by atoms with Gasteiger partial charge in [-0.3, -0.25) is 9.78 Å². The maximum Gasteiger partial charge on any atom is 0.276 e. The SMILES string of the molecule is O=C(c1cc(-c2ccc(F)cc2)on1)N(Cc1ccccn1)C1CCCC1. The number of carbonyl (C=O) groups excluding carboxylic acids is 1. The Morgan fingerprint density at radius 1 is 1.15 bits per heavy atom. The molecule has 0 spiro atoms. The van der Waals surface area contributed by atoms with Gasteiger partial charge in [0.1, 0.15) is 5.82 Å². The molecule has 1 saturated carbocycles. The van der Waals surface area contributed by atoms with Crippen LogP contribution < -0.4 is 0 Å². The lowest BCUT2D eigenvalue weighted by Gasteiger charge is -2.27. The maximum atomic E-state index is 13.2. The number of nitrogens with zero attached hydrogens (tertiary/aromatic N) is 3. The maximum absolute atomic E-state index is 13.2. The van der Waals surface area contributed by atoms with Crippen molar-refractivity contribution in [2.24, 2.45) is 0 Å². The van der Waals surface area contributed by atoms with E-state index in [1.807, 2.05) is 23.1 Å². The van der Waals surface area contributed by atoms with Crippen LogP contribution in [-0.2, 0) is 6.54 Å².